The molecular formula is C19H20ClN3O2. The second kappa shape index (κ2) is 7.15. The average Bonchev–Trinajstić information content (AvgIpc) is 3.17. The van der Waals surface area contributed by atoms with E-state index in [1.54, 1.807) is 18.2 Å². The molecule has 1 aromatic carbocycles. The van der Waals surface area contributed by atoms with E-state index in [0.29, 0.717) is 29.4 Å². The first-order valence-corrected chi connectivity index (χ1v) is 8.40. The second-order valence-electron chi connectivity index (χ2n) is 6.04. The predicted molar refractivity (Wildman–Crippen MR) is 96.8 cm³/mol. The van der Waals surface area contributed by atoms with Crippen molar-refractivity contribution in [3.63, 3.8) is 0 Å². The summed E-state index contributed by atoms with van der Waals surface area (Å²) in [7, 11) is 1.76. The number of benzene rings is 1. The summed E-state index contributed by atoms with van der Waals surface area (Å²) < 4.78 is 7.14. The van der Waals surface area contributed by atoms with Gasteiger partial charge in [0.2, 0.25) is 0 Å². The Labute approximate surface area is 151 Å². The number of aromatic nitrogens is 2. The lowest BCUT2D eigenvalue weighted by Crippen LogP contribution is -2.27. The molecule has 0 unspecified atom stereocenters. The Kier molecular flexibility index (Phi) is 4.95. The van der Waals surface area contributed by atoms with E-state index < -0.39 is 0 Å². The van der Waals surface area contributed by atoms with Crippen molar-refractivity contribution in [1.29, 1.82) is 0 Å². The van der Waals surface area contributed by atoms with Gasteiger partial charge in [-0.2, -0.15) is 5.10 Å². The van der Waals surface area contributed by atoms with E-state index in [1.807, 2.05) is 54.9 Å². The number of carbonyl (C=O) groups excluding carboxylic acids is 1. The van der Waals surface area contributed by atoms with Crippen LogP contribution < -0.4 is 0 Å². The number of rotatable bonds is 5. The maximum atomic E-state index is 12.9. The maximum Gasteiger partial charge on any atom is 0.257 e. The smallest absolute Gasteiger partial charge is 0.257 e. The van der Waals surface area contributed by atoms with Gasteiger partial charge in [-0.05, 0) is 37.6 Å². The topological polar surface area (TPSA) is 51.3 Å². The molecule has 130 valence electrons. The van der Waals surface area contributed by atoms with Gasteiger partial charge in [-0.15, -0.1) is 0 Å². The maximum absolute atomic E-state index is 12.9. The van der Waals surface area contributed by atoms with Crippen molar-refractivity contribution >= 4 is 17.5 Å². The first-order chi connectivity index (χ1) is 12.0. The molecule has 25 heavy (non-hydrogen) atoms. The van der Waals surface area contributed by atoms with Gasteiger partial charge < -0.3 is 9.32 Å². The lowest BCUT2D eigenvalue weighted by molar-refractivity contribution is 0.0774. The highest BCUT2D eigenvalue weighted by Crippen LogP contribution is 2.21. The Hall–Kier alpha value is -2.53. The Morgan fingerprint density at radius 2 is 2.00 bits per heavy atom. The Morgan fingerprint density at radius 1 is 1.24 bits per heavy atom. The van der Waals surface area contributed by atoms with Gasteiger partial charge in [0.1, 0.15) is 5.76 Å². The van der Waals surface area contributed by atoms with E-state index in [2.05, 4.69) is 5.10 Å². The van der Waals surface area contributed by atoms with Crippen LogP contribution in [0, 0.1) is 13.8 Å². The molecule has 1 amide bonds. The molecule has 2 aromatic heterocycles. The van der Waals surface area contributed by atoms with Crippen molar-refractivity contribution in [2.45, 2.75) is 26.9 Å². The minimum Gasteiger partial charge on any atom is -0.467 e. The summed E-state index contributed by atoms with van der Waals surface area (Å²) >= 11 is 6.24. The third-order valence-electron chi connectivity index (χ3n) is 4.19. The number of amides is 1. The highest BCUT2D eigenvalue weighted by molar-refractivity contribution is 6.31. The number of carbonyl (C=O) groups is 1. The summed E-state index contributed by atoms with van der Waals surface area (Å²) in [5.74, 6) is 0.673. The van der Waals surface area contributed by atoms with Crippen LogP contribution in [0.4, 0.5) is 0 Å². The van der Waals surface area contributed by atoms with Crippen LogP contribution in [0.25, 0.3) is 0 Å². The molecular weight excluding hydrogens is 338 g/mol. The molecule has 0 atom stereocenters. The van der Waals surface area contributed by atoms with Crippen molar-refractivity contribution in [3.8, 4) is 0 Å². The number of aryl methyl sites for hydroxylation is 1. The van der Waals surface area contributed by atoms with Gasteiger partial charge in [0.15, 0.2) is 0 Å². The van der Waals surface area contributed by atoms with E-state index in [-0.39, 0.29) is 5.91 Å². The standard InChI is InChI=1S/C19H20ClN3O2/c1-13-18(19(24)22(3)12-16-8-6-10-25-16)14(2)23(21-13)11-15-7-4-5-9-17(15)20/h4-10H,11-12H2,1-3H3. The zero-order valence-electron chi connectivity index (χ0n) is 14.5. The molecule has 0 aliphatic rings. The van der Waals surface area contributed by atoms with Crippen LogP contribution in [0.3, 0.4) is 0 Å². The van der Waals surface area contributed by atoms with Crippen molar-refractivity contribution in [1.82, 2.24) is 14.7 Å². The van der Waals surface area contributed by atoms with Gasteiger partial charge in [-0.1, -0.05) is 29.8 Å². The monoisotopic (exact) mass is 357 g/mol. The Balaban J connectivity index is 1.84. The summed E-state index contributed by atoms with van der Waals surface area (Å²) in [4.78, 5) is 14.5. The fraction of sp³-hybridized carbons (Fsp3) is 0.263. The highest BCUT2D eigenvalue weighted by Gasteiger charge is 2.22. The Morgan fingerprint density at radius 3 is 2.68 bits per heavy atom. The summed E-state index contributed by atoms with van der Waals surface area (Å²) in [6, 6.07) is 11.3. The average molecular weight is 358 g/mol. The molecule has 0 bridgehead atoms. The molecule has 6 heteroatoms. The van der Waals surface area contributed by atoms with Gasteiger partial charge in [-0.3, -0.25) is 9.48 Å². The number of furan rings is 1. The van der Waals surface area contributed by atoms with Crippen LogP contribution in [0.2, 0.25) is 5.02 Å². The lowest BCUT2D eigenvalue weighted by Gasteiger charge is -2.16. The van der Waals surface area contributed by atoms with Gasteiger partial charge in [0, 0.05) is 17.8 Å². The van der Waals surface area contributed by atoms with Crippen LogP contribution in [0.5, 0.6) is 0 Å². The van der Waals surface area contributed by atoms with E-state index >= 15 is 0 Å². The van der Waals surface area contributed by atoms with Gasteiger partial charge in [-0.25, -0.2) is 0 Å². The number of hydrogen-bond donors (Lipinski definition) is 0. The van der Waals surface area contributed by atoms with Crippen molar-refractivity contribution in [2.75, 3.05) is 7.05 Å². The summed E-state index contributed by atoms with van der Waals surface area (Å²) in [5, 5.41) is 5.23. The van der Waals surface area contributed by atoms with E-state index in [1.165, 1.54) is 0 Å². The predicted octanol–water partition coefficient (Wildman–Crippen LogP) is 4.07. The third kappa shape index (κ3) is 3.61. The quantitative estimate of drug-likeness (QED) is 0.691. The van der Waals surface area contributed by atoms with Gasteiger partial charge >= 0.3 is 0 Å². The minimum absolute atomic E-state index is 0.0724. The van der Waals surface area contributed by atoms with Crippen molar-refractivity contribution in [2.24, 2.45) is 0 Å². The molecule has 0 spiro atoms. The molecule has 2 heterocycles. The highest BCUT2D eigenvalue weighted by atomic mass is 35.5. The van der Waals surface area contributed by atoms with Crippen molar-refractivity contribution in [3.05, 3.63) is 76.0 Å². The summed E-state index contributed by atoms with van der Waals surface area (Å²) in [5.41, 5.74) is 3.13. The van der Waals surface area contributed by atoms with Crippen molar-refractivity contribution < 1.29 is 9.21 Å². The van der Waals surface area contributed by atoms with E-state index in [9.17, 15) is 4.79 Å². The number of nitrogens with zero attached hydrogens (tertiary/aromatic N) is 3. The van der Waals surface area contributed by atoms with Gasteiger partial charge in [0.25, 0.3) is 5.91 Å². The molecule has 0 saturated heterocycles. The number of hydrogen-bond acceptors (Lipinski definition) is 3. The summed E-state index contributed by atoms with van der Waals surface area (Å²) in [6.45, 7) is 4.71. The largest absolute Gasteiger partial charge is 0.467 e. The zero-order chi connectivity index (χ0) is 18.0. The minimum atomic E-state index is -0.0724. The molecule has 0 aliphatic heterocycles. The van der Waals surface area contributed by atoms with Crippen LogP contribution >= 0.6 is 11.6 Å². The van der Waals surface area contributed by atoms with Crippen LogP contribution in [0.1, 0.15) is 33.1 Å². The Bertz CT molecular complexity index is 884. The lowest BCUT2D eigenvalue weighted by atomic mass is 10.1. The van der Waals surface area contributed by atoms with Crippen LogP contribution in [0.15, 0.2) is 47.1 Å². The SMILES string of the molecule is Cc1nn(Cc2ccccc2Cl)c(C)c1C(=O)N(C)Cc1ccco1. The normalized spacial score (nSPS) is 10.9. The fourth-order valence-electron chi connectivity index (χ4n) is 2.85. The summed E-state index contributed by atoms with van der Waals surface area (Å²) in [6.07, 6.45) is 1.60. The molecule has 5 nitrogen and oxygen atoms in total. The zero-order valence-corrected chi connectivity index (χ0v) is 15.2. The first kappa shape index (κ1) is 17.3. The molecule has 3 rings (SSSR count). The second-order valence-corrected chi connectivity index (χ2v) is 6.44. The molecule has 3 aromatic rings. The molecule has 0 saturated carbocycles. The third-order valence-corrected chi connectivity index (χ3v) is 4.56. The fourth-order valence-corrected chi connectivity index (χ4v) is 3.04. The van der Waals surface area contributed by atoms with E-state index in [4.69, 9.17) is 16.0 Å². The molecule has 0 N–H and O–H groups in total. The van der Waals surface area contributed by atoms with E-state index in [0.717, 1.165) is 17.0 Å². The van der Waals surface area contributed by atoms with Crippen LogP contribution in [-0.2, 0) is 13.1 Å². The van der Waals surface area contributed by atoms with Gasteiger partial charge in [0.05, 0.1) is 30.6 Å². The number of halogens is 1. The molecule has 0 aliphatic carbocycles. The molecule has 0 radical (unpaired) electrons. The molecule has 0 fully saturated rings. The first-order valence-electron chi connectivity index (χ1n) is 8.02. The van der Waals surface area contributed by atoms with Crippen LogP contribution in [-0.4, -0.2) is 27.6 Å².